The average Bonchev–Trinajstić information content (AvgIpc) is 2.85. The topological polar surface area (TPSA) is 30.8 Å². The van der Waals surface area contributed by atoms with Crippen molar-refractivity contribution in [2.24, 2.45) is 4.99 Å². The van der Waals surface area contributed by atoms with E-state index in [-0.39, 0.29) is 0 Å². The summed E-state index contributed by atoms with van der Waals surface area (Å²) in [5.41, 5.74) is 1.32. The second kappa shape index (κ2) is 6.69. The first-order chi connectivity index (χ1) is 8.81. The highest BCUT2D eigenvalue weighted by atomic mass is 32.2. The molecule has 98 valence electrons. The molecule has 1 aliphatic rings. The molecular weight excluding hydrogens is 246 g/mol. The molecule has 1 aromatic rings. The normalized spacial score (nSPS) is 18.6. The molecule has 0 saturated heterocycles. The summed E-state index contributed by atoms with van der Waals surface area (Å²) in [6.45, 7) is 3.60. The van der Waals surface area contributed by atoms with Crippen molar-refractivity contribution in [1.82, 2.24) is 0 Å². The lowest BCUT2D eigenvalue weighted by atomic mass is 10.2. The van der Waals surface area contributed by atoms with Crippen molar-refractivity contribution in [3.05, 3.63) is 29.8 Å². The Morgan fingerprint density at radius 3 is 2.78 bits per heavy atom. The summed E-state index contributed by atoms with van der Waals surface area (Å²) in [6.07, 6.45) is 0.967. The van der Waals surface area contributed by atoms with Crippen molar-refractivity contribution in [1.29, 1.82) is 0 Å². The molecule has 0 saturated carbocycles. The number of aliphatic imine (C=N–C) groups is 1. The Morgan fingerprint density at radius 2 is 2.11 bits per heavy atom. The minimum Gasteiger partial charge on any atom is -0.497 e. The largest absolute Gasteiger partial charge is 0.497 e. The Bertz CT molecular complexity index is 403. The van der Waals surface area contributed by atoms with Gasteiger partial charge in [0.05, 0.1) is 20.3 Å². The molecule has 1 aromatic carbocycles. The predicted octanol–water partition coefficient (Wildman–Crippen LogP) is 3.14. The molecule has 4 heteroatoms. The number of methoxy groups -OCH3 is 1. The van der Waals surface area contributed by atoms with E-state index in [2.05, 4.69) is 17.1 Å². The van der Waals surface area contributed by atoms with Crippen LogP contribution in [0.5, 0.6) is 5.75 Å². The van der Waals surface area contributed by atoms with Gasteiger partial charge >= 0.3 is 0 Å². The highest BCUT2D eigenvalue weighted by Crippen LogP contribution is 2.25. The number of rotatable bonds is 5. The van der Waals surface area contributed by atoms with Gasteiger partial charge in [0.25, 0.3) is 0 Å². The third kappa shape index (κ3) is 3.67. The third-order valence-corrected chi connectivity index (χ3v) is 4.12. The summed E-state index contributed by atoms with van der Waals surface area (Å²) >= 11 is 1.94. The van der Waals surface area contributed by atoms with Crippen molar-refractivity contribution < 1.29 is 9.47 Å². The van der Waals surface area contributed by atoms with Gasteiger partial charge in [-0.1, -0.05) is 12.1 Å². The van der Waals surface area contributed by atoms with E-state index in [1.807, 2.05) is 30.8 Å². The molecule has 3 nitrogen and oxygen atoms in total. The number of nitrogens with zero attached hydrogens (tertiary/aromatic N) is 1. The Kier molecular flexibility index (Phi) is 4.93. The highest BCUT2D eigenvalue weighted by Gasteiger charge is 2.19. The van der Waals surface area contributed by atoms with E-state index >= 15 is 0 Å². The van der Waals surface area contributed by atoms with Gasteiger partial charge in [0.2, 0.25) is 0 Å². The minimum absolute atomic E-state index is 0.564. The number of benzene rings is 1. The van der Waals surface area contributed by atoms with Crippen LogP contribution in [0.1, 0.15) is 18.9 Å². The predicted molar refractivity (Wildman–Crippen MR) is 76.6 cm³/mol. The molecule has 0 radical (unpaired) electrons. The molecular formula is C14H19NO2S. The lowest BCUT2D eigenvalue weighted by Gasteiger charge is -2.09. The van der Waals surface area contributed by atoms with E-state index in [0.717, 1.165) is 30.4 Å². The lowest BCUT2D eigenvalue weighted by Crippen LogP contribution is -2.07. The van der Waals surface area contributed by atoms with Gasteiger partial charge in [-0.15, -0.1) is 0 Å². The Hall–Kier alpha value is -1.16. The standard InChI is InChI=1S/C14H19NO2S/c1-3-17-14-8-13(9-15-14)18-10-11-4-6-12(16-2)7-5-11/h4-7,13H,3,8-10H2,1-2H3. The van der Waals surface area contributed by atoms with E-state index in [1.165, 1.54) is 5.56 Å². The van der Waals surface area contributed by atoms with Gasteiger partial charge in [-0.05, 0) is 24.6 Å². The second-order valence-electron chi connectivity index (χ2n) is 4.15. The molecule has 1 unspecified atom stereocenters. The van der Waals surface area contributed by atoms with Crippen LogP contribution in [0, 0.1) is 0 Å². The fourth-order valence-electron chi connectivity index (χ4n) is 1.85. The first-order valence-electron chi connectivity index (χ1n) is 6.22. The minimum atomic E-state index is 0.564. The van der Waals surface area contributed by atoms with Gasteiger partial charge in [-0.3, -0.25) is 4.99 Å². The fraction of sp³-hybridized carbons (Fsp3) is 0.500. The Balaban J connectivity index is 1.75. The molecule has 1 aliphatic heterocycles. The van der Waals surface area contributed by atoms with Crippen molar-refractivity contribution in [3.8, 4) is 5.75 Å². The zero-order chi connectivity index (χ0) is 12.8. The maximum atomic E-state index is 5.44. The maximum Gasteiger partial charge on any atom is 0.184 e. The van der Waals surface area contributed by atoms with Crippen molar-refractivity contribution in [2.45, 2.75) is 24.3 Å². The van der Waals surface area contributed by atoms with Gasteiger partial charge in [0.1, 0.15) is 5.75 Å². The fourth-order valence-corrected chi connectivity index (χ4v) is 2.91. The Labute approximate surface area is 113 Å². The van der Waals surface area contributed by atoms with Crippen LogP contribution in [0.25, 0.3) is 0 Å². The summed E-state index contributed by atoms with van der Waals surface area (Å²) in [4.78, 5) is 4.40. The van der Waals surface area contributed by atoms with Crippen LogP contribution in [0.3, 0.4) is 0 Å². The van der Waals surface area contributed by atoms with E-state index in [9.17, 15) is 0 Å². The first-order valence-corrected chi connectivity index (χ1v) is 7.27. The molecule has 0 aliphatic carbocycles. The quantitative estimate of drug-likeness (QED) is 0.819. The molecule has 0 fully saturated rings. The zero-order valence-electron chi connectivity index (χ0n) is 10.9. The van der Waals surface area contributed by atoms with E-state index < -0.39 is 0 Å². The van der Waals surface area contributed by atoms with Gasteiger partial charge in [-0.25, -0.2) is 0 Å². The van der Waals surface area contributed by atoms with Crippen LogP contribution in [-0.4, -0.2) is 31.4 Å². The molecule has 0 amide bonds. The number of hydrogen-bond acceptors (Lipinski definition) is 4. The average molecular weight is 265 g/mol. The summed E-state index contributed by atoms with van der Waals surface area (Å²) in [7, 11) is 1.69. The van der Waals surface area contributed by atoms with Crippen molar-refractivity contribution in [2.75, 3.05) is 20.3 Å². The Morgan fingerprint density at radius 1 is 1.33 bits per heavy atom. The number of thioether (sulfide) groups is 1. The monoisotopic (exact) mass is 265 g/mol. The van der Waals surface area contributed by atoms with Crippen LogP contribution in [0.15, 0.2) is 29.3 Å². The second-order valence-corrected chi connectivity index (χ2v) is 5.44. The van der Waals surface area contributed by atoms with Crippen LogP contribution in [0.2, 0.25) is 0 Å². The van der Waals surface area contributed by atoms with Crippen LogP contribution >= 0.6 is 11.8 Å². The molecule has 0 aromatic heterocycles. The van der Waals surface area contributed by atoms with E-state index in [1.54, 1.807) is 7.11 Å². The molecule has 0 spiro atoms. The first kappa shape index (κ1) is 13.3. The summed E-state index contributed by atoms with van der Waals surface area (Å²) in [5, 5.41) is 0.564. The van der Waals surface area contributed by atoms with Gasteiger partial charge in [0.15, 0.2) is 5.90 Å². The summed E-state index contributed by atoms with van der Waals surface area (Å²) in [5.74, 6) is 2.85. The SMILES string of the molecule is CCOC1=NCC(SCc2ccc(OC)cc2)C1. The third-order valence-electron chi connectivity index (χ3n) is 2.83. The van der Waals surface area contributed by atoms with Crippen LogP contribution in [0.4, 0.5) is 0 Å². The molecule has 18 heavy (non-hydrogen) atoms. The van der Waals surface area contributed by atoms with Crippen molar-refractivity contribution >= 4 is 17.7 Å². The molecule has 1 heterocycles. The zero-order valence-corrected chi connectivity index (χ0v) is 11.7. The lowest BCUT2D eigenvalue weighted by molar-refractivity contribution is 0.321. The molecule has 0 bridgehead atoms. The molecule has 1 atom stereocenters. The van der Waals surface area contributed by atoms with Crippen LogP contribution < -0.4 is 4.74 Å². The smallest absolute Gasteiger partial charge is 0.184 e. The summed E-state index contributed by atoms with van der Waals surface area (Å²) in [6, 6.07) is 8.25. The molecule has 2 rings (SSSR count). The van der Waals surface area contributed by atoms with Crippen molar-refractivity contribution in [3.63, 3.8) is 0 Å². The highest BCUT2D eigenvalue weighted by molar-refractivity contribution is 7.99. The number of ether oxygens (including phenoxy) is 2. The summed E-state index contributed by atoms with van der Waals surface area (Å²) < 4.78 is 10.6. The van der Waals surface area contributed by atoms with Gasteiger partial charge in [-0.2, -0.15) is 11.8 Å². The van der Waals surface area contributed by atoms with E-state index in [4.69, 9.17) is 9.47 Å². The number of hydrogen-bond donors (Lipinski definition) is 0. The van der Waals surface area contributed by atoms with Gasteiger partial charge < -0.3 is 9.47 Å². The van der Waals surface area contributed by atoms with Gasteiger partial charge in [0, 0.05) is 17.4 Å². The van der Waals surface area contributed by atoms with E-state index in [0.29, 0.717) is 11.9 Å². The molecule has 0 N–H and O–H groups in total. The van der Waals surface area contributed by atoms with Crippen LogP contribution in [-0.2, 0) is 10.5 Å². The maximum absolute atomic E-state index is 5.44.